The molecule has 0 radical (unpaired) electrons. The number of hydrogen-bond donors (Lipinski definition) is 1. The van der Waals surface area contributed by atoms with Gasteiger partial charge < -0.3 is 10.1 Å². The fourth-order valence-electron chi connectivity index (χ4n) is 3.01. The molecule has 1 saturated heterocycles. The molecule has 3 heteroatoms. The maximum Gasteiger partial charge on any atom is 0.184 e. The first kappa shape index (κ1) is 13.6. The van der Waals surface area contributed by atoms with E-state index in [1.165, 1.54) is 24.0 Å². The summed E-state index contributed by atoms with van der Waals surface area (Å²) in [5, 5.41) is 3.40. The van der Waals surface area contributed by atoms with Crippen LogP contribution >= 0.6 is 0 Å². The Morgan fingerprint density at radius 1 is 1.15 bits per heavy atom. The first-order chi connectivity index (χ1) is 9.79. The maximum absolute atomic E-state index is 6.03. The molecular weight excluding hydrogens is 248 g/mol. The molecule has 0 bridgehead atoms. The summed E-state index contributed by atoms with van der Waals surface area (Å²) in [7, 11) is 0. The number of hydrogen-bond acceptors (Lipinski definition) is 3. The summed E-state index contributed by atoms with van der Waals surface area (Å²) >= 11 is 0. The van der Waals surface area contributed by atoms with Gasteiger partial charge in [0.2, 0.25) is 0 Å². The molecule has 108 valence electrons. The quantitative estimate of drug-likeness (QED) is 0.914. The largest absolute Gasteiger partial charge is 0.475 e. The third-order valence-electron chi connectivity index (χ3n) is 4.28. The van der Waals surface area contributed by atoms with E-state index in [0.29, 0.717) is 0 Å². The van der Waals surface area contributed by atoms with Crippen LogP contribution in [-0.4, -0.2) is 31.6 Å². The van der Waals surface area contributed by atoms with Crippen LogP contribution in [0.25, 0.3) is 0 Å². The Bertz CT molecular complexity index is 460. The van der Waals surface area contributed by atoms with Crippen molar-refractivity contribution in [2.45, 2.75) is 38.7 Å². The molecule has 0 spiro atoms. The highest BCUT2D eigenvalue weighted by molar-refractivity contribution is 5.78. The van der Waals surface area contributed by atoms with Crippen molar-refractivity contribution in [1.29, 1.82) is 0 Å². The van der Waals surface area contributed by atoms with Gasteiger partial charge in [-0.1, -0.05) is 29.8 Å². The van der Waals surface area contributed by atoms with Crippen molar-refractivity contribution in [3.05, 3.63) is 35.4 Å². The van der Waals surface area contributed by atoms with Gasteiger partial charge in [0.05, 0.1) is 6.54 Å². The summed E-state index contributed by atoms with van der Waals surface area (Å²) in [6.07, 6.45) is 4.76. The van der Waals surface area contributed by atoms with E-state index in [2.05, 4.69) is 41.5 Å². The lowest BCUT2D eigenvalue weighted by Gasteiger charge is -2.22. The highest BCUT2D eigenvalue weighted by Gasteiger charge is 2.23. The van der Waals surface area contributed by atoms with Crippen LogP contribution in [0, 0.1) is 12.8 Å². The van der Waals surface area contributed by atoms with Gasteiger partial charge in [0.15, 0.2) is 5.90 Å². The zero-order valence-corrected chi connectivity index (χ0v) is 12.3. The molecule has 1 aromatic rings. The minimum atomic E-state index is 0.245. The molecule has 20 heavy (non-hydrogen) atoms. The zero-order valence-electron chi connectivity index (χ0n) is 12.3. The normalized spacial score (nSPS) is 23.4. The molecule has 2 heterocycles. The number of ether oxygens (including phenoxy) is 1. The van der Waals surface area contributed by atoms with Crippen LogP contribution in [0.2, 0.25) is 0 Å². The summed E-state index contributed by atoms with van der Waals surface area (Å²) in [4.78, 5) is 4.60. The van der Waals surface area contributed by atoms with Crippen LogP contribution in [0.3, 0.4) is 0 Å². The van der Waals surface area contributed by atoms with Gasteiger partial charge in [0, 0.05) is 12.8 Å². The number of rotatable bonds is 4. The van der Waals surface area contributed by atoms with Gasteiger partial charge in [-0.25, -0.2) is 0 Å². The Kier molecular flexibility index (Phi) is 4.36. The van der Waals surface area contributed by atoms with Crippen molar-refractivity contribution in [1.82, 2.24) is 5.32 Å². The first-order valence-electron chi connectivity index (χ1n) is 7.76. The topological polar surface area (TPSA) is 33.6 Å². The molecule has 2 aliphatic rings. The lowest BCUT2D eigenvalue weighted by molar-refractivity contribution is 0.212. The van der Waals surface area contributed by atoms with E-state index in [-0.39, 0.29) is 6.10 Å². The zero-order chi connectivity index (χ0) is 13.8. The second kappa shape index (κ2) is 6.40. The summed E-state index contributed by atoms with van der Waals surface area (Å²) in [6.45, 7) is 5.24. The van der Waals surface area contributed by atoms with Gasteiger partial charge in [0.25, 0.3) is 0 Å². The molecule has 0 amide bonds. The Balaban J connectivity index is 1.47. The van der Waals surface area contributed by atoms with Gasteiger partial charge in [-0.05, 0) is 44.3 Å². The lowest BCUT2D eigenvalue weighted by Crippen LogP contribution is -2.29. The van der Waals surface area contributed by atoms with Crippen LogP contribution < -0.4 is 5.32 Å². The average molecular weight is 272 g/mol. The molecule has 0 saturated carbocycles. The van der Waals surface area contributed by atoms with E-state index >= 15 is 0 Å². The number of piperidine rings is 1. The summed E-state index contributed by atoms with van der Waals surface area (Å²) in [6, 6.07) is 8.73. The van der Waals surface area contributed by atoms with Crippen LogP contribution in [-0.2, 0) is 11.2 Å². The lowest BCUT2D eigenvalue weighted by atomic mass is 9.95. The van der Waals surface area contributed by atoms with Gasteiger partial charge >= 0.3 is 0 Å². The molecule has 3 rings (SSSR count). The van der Waals surface area contributed by atoms with Crippen molar-refractivity contribution < 1.29 is 4.74 Å². The highest BCUT2D eigenvalue weighted by atomic mass is 16.5. The van der Waals surface area contributed by atoms with Crippen LogP contribution in [0.1, 0.15) is 30.4 Å². The molecular formula is C17H24N2O. The van der Waals surface area contributed by atoms with Crippen LogP contribution in [0.4, 0.5) is 0 Å². The minimum absolute atomic E-state index is 0.245. The number of aryl methyl sites for hydroxylation is 1. The van der Waals surface area contributed by atoms with Gasteiger partial charge in [0.1, 0.15) is 6.10 Å². The second-order valence-corrected chi connectivity index (χ2v) is 6.06. The third kappa shape index (κ3) is 3.60. The van der Waals surface area contributed by atoms with E-state index in [4.69, 9.17) is 4.74 Å². The number of nitrogens with zero attached hydrogens (tertiary/aromatic N) is 1. The first-order valence-corrected chi connectivity index (χ1v) is 7.76. The molecule has 0 aliphatic carbocycles. The number of benzene rings is 1. The standard InChI is InChI=1S/C17H24N2O/c1-13-2-4-14(5-3-13)10-16-12-19-17(20-16)11-15-6-8-18-9-7-15/h2-5,15-16,18H,6-12H2,1H3. The predicted octanol–water partition coefficient (Wildman–Crippen LogP) is 2.72. The fourth-order valence-corrected chi connectivity index (χ4v) is 3.01. The van der Waals surface area contributed by atoms with Gasteiger partial charge in [-0.15, -0.1) is 0 Å². The number of aliphatic imine (C=N–C) groups is 1. The maximum atomic E-state index is 6.03. The third-order valence-corrected chi connectivity index (χ3v) is 4.28. The molecule has 2 aliphatic heterocycles. The van der Waals surface area contributed by atoms with E-state index < -0.39 is 0 Å². The van der Waals surface area contributed by atoms with Crippen molar-refractivity contribution >= 4 is 5.90 Å². The molecule has 0 aromatic heterocycles. The molecule has 1 aromatic carbocycles. The molecule has 1 atom stereocenters. The van der Waals surface area contributed by atoms with Gasteiger partial charge in [-0.2, -0.15) is 0 Å². The van der Waals surface area contributed by atoms with Crippen molar-refractivity contribution in [2.75, 3.05) is 19.6 Å². The Hall–Kier alpha value is -1.35. The van der Waals surface area contributed by atoms with Crippen molar-refractivity contribution in [3.8, 4) is 0 Å². The Morgan fingerprint density at radius 3 is 2.65 bits per heavy atom. The van der Waals surface area contributed by atoms with E-state index in [0.717, 1.165) is 44.3 Å². The molecule has 3 nitrogen and oxygen atoms in total. The molecule has 1 N–H and O–H groups in total. The molecule has 1 fully saturated rings. The highest BCUT2D eigenvalue weighted by Crippen LogP contribution is 2.21. The summed E-state index contributed by atoms with van der Waals surface area (Å²) in [5.74, 6) is 1.75. The molecule has 1 unspecified atom stereocenters. The van der Waals surface area contributed by atoms with E-state index in [1.807, 2.05) is 0 Å². The van der Waals surface area contributed by atoms with Crippen molar-refractivity contribution in [3.63, 3.8) is 0 Å². The van der Waals surface area contributed by atoms with Crippen LogP contribution in [0.15, 0.2) is 29.3 Å². The average Bonchev–Trinajstić information content (AvgIpc) is 2.90. The Labute approximate surface area is 121 Å². The summed E-state index contributed by atoms with van der Waals surface area (Å²) < 4.78 is 6.03. The smallest absolute Gasteiger partial charge is 0.184 e. The second-order valence-electron chi connectivity index (χ2n) is 6.06. The van der Waals surface area contributed by atoms with E-state index in [1.54, 1.807) is 0 Å². The SMILES string of the molecule is Cc1ccc(CC2CN=C(CC3CCNCC3)O2)cc1. The minimum Gasteiger partial charge on any atom is -0.475 e. The van der Waals surface area contributed by atoms with E-state index in [9.17, 15) is 0 Å². The fraction of sp³-hybridized carbons (Fsp3) is 0.588. The van der Waals surface area contributed by atoms with Crippen LogP contribution in [0.5, 0.6) is 0 Å². The predicted molar refractivity (Wildman–Crippen MR) is 82.3 cm³/mol. The summed E-state index contributed by atoms with van der Waals surface area (Å²) in [5.41, 5.74) is 2.66. The van der Waals surface area contributed by atoms with Crippen molar-refractivity contribution in [2.24, 2.45) is 10.9 Å². The monoisotopic (exact) mass is 272 g/mol. The van der Waals surface area contributed by atoms with Gasteiger partial charge in [-0.3, -0.25) is 4.99 Å². The number of nitrogens with one attached hydrogen (secondary N) is 1. The Morgan fingerprint density at radius 2 is 1.90 bits per heavy atom.